The number of carbonyl (C=O) groups is 1. The van der Waals surface area contributed by atoms with Gasteiger partial charge < -0.3 is 9.64 Å². The Balaban J connectivity index is 0.00000341. The lowest BCUT2D eigenvalue weighted by atomic mass is 10.3. The van der Waals surface area contributed by atoms with Crippen molar-refractivity contribution < 1.29 is 9.53 Å². The molecule has 3 rings (SSSR count). The average molecular weight is 466 g/mol. The highest BCUT2D eigenvalue weighted by atomic mass is 35.5. The normalized spacial score (nSPS) is 11.2. The maximum absolute atomic E-state index is 13.5. The standard InChI is InChI=1S/C22H31N5O2S.ClH/c1-7-25(8-2)12-13-26(21(28)17-14-16(5)27(24-17)15(3)4)22-23-20-18(29-6)10-9-11-19(20)30-22;/h9-11,14-15H,7-8,12-13H2,1-6H3;1H. The van der Waals surface area contributed by atoms with Crippen LogP contribution in [0, 0.1) is 6.92 Å². The van der Waals surface area contributed by atoms with E-state index < -0.39 is 0 Å². The molecule has 0 aliphatic heterocycles. The third kappa shape index (κ3) is 5.37. The van der Waals surface area contributed by atoms with E-state index in [1.807, 2.05) is 35.9 Å². The number of amides is 1. The van der Waals surface area contributed by atoms with Crippen LogP contribution in [-0.2, 0) is 0 Å². The number of nitrogens with zero attached hydrogens (tertiary/aromatic N) is 5. The summed E-state index contributed by atoms with van der Waals surface area (Å²) in [4.78, 5) is 22.3. The lowest BCUT2D eigenvalue weighted by molar-refractivity contribution is 0.0978. The topological polar surface area (TPSA) is 63.5 Å². The number of carbonyl (C=O) groups excluding carboxylic acids is 1. The number of aromatic nitrogens is 3. The van der Waals surface area contributed by atoms with E-state index >= 15 is 0 Å². The van der Waals surface area contributed by atoms with Gasteiger partial charge in [0.15, 0.2) is 10.8 Å². The van der Waals surface area contributed by atoms with Crippen molar-refractivity contribution in [2.24, 2.45) is 0 Å². The molecule has 0 fully saturated rings. The number of fused-ring (bicyclic) bond motifs is 1. The maximum atomic E-state index is 13.5. The molecule has 9 heteroatoms. The van der Waals surface area contributed by atoms with Crippen molar-refractivity contribution in [2.45, 2.75) is 40.7 Å². The van der Waals surface area contributed by atoms with Crippen LogP contribution in [0.15, 0.2) is 24.3 Å². The monoisotopic (exact) mass is 465 g/mol. The highest BCUT2D eigenvalue weighted by Crippen LogP contribution is 2.34. The smallest absolute Gasteiger partial charge is 0.280 e. The number of hydrogen-bond donors (Lipinski definition) is 0. The highest BCUT2D eigenvalue weighted by molar-refractivity contribution is 7.22. The molecular formula is C22H32ClN5O2S. The number of anilines is 1. The molecule has 170 valence electrons. The molecule has 2 aromatic heterocycles. The van der Waals surface area contributed by atoms with Crippen LogP contribution < -0.4 is 9.64 Å². The largest absolute Gasteiger partial charge is 0.494 e. The van der Waals surface area contributed by atoms with Gasteiger partial charge in [-0.2, -0.15) is 5.10 Å². The molecule has 1 amide bonds. The number of likely N-dealkylation sites (N-methyl/N-ethyl adjacent to an activating group) is 1. The molecular weight excluding hydrogens is 434 g/mol. The Morgan fingerprint density at radius 3 is 2.52 bits per heavy atom. The fraction of sp³-hybridized carbons (Fsp3) is 0.500. The molecule has 0 aliphatic rings. The molecule has 2 heterocycles. The van der Waals surface area contributed by atoms with Crippen LogP contribution in [0.1, 0.15) is 49.9 Å². The van der Waals surface area contributed by atoms with Crippen LogP contribution in [0.25, 0.3) is 10.2 Å². The number of para-hydroxylation sites is 1. The van der Waals surface area contributed by atoms with Gasteiger partial charge in [-0.15, -0.1) is 12.4 Å². The Bertz CT molecular complexity index is 1010. The number of aryl methyl sites for hydroxylation is 1. The zero-order valence-electron chi connectivity index (χ0n) is 19.1. The second kappa shape index (κ2) is 10.9. The molecule has 0 bridgehead atoms. The molecule has 0 N–H and O–H groups in total. The lowest BCUT2D eigenvalue weighted by Gasteiger charge is -2.24. The fourth-order valence-corrected chi connectivity index (χ4v) is 4.52. The zero-order valence-corrected chi connectivity index (χ0v) is 20.7. The first kappa shape index (κ1) is 25.1. The van der Waals surface area contributed by atoms with Crippen molar-refractivity contribution in [3.05, 3.63) is 35.7 Å². The molecule has 0 saturated heterocycles. The van der Waals surface area contributed by atoms with E-state index in [-0.39, 0.29) is 24.4 Å². The molecule has 0 radical (unpaired) electrons. The third-order valence-electron chi connectivity index (χ3n) is 5.23. The Kier molecular flexibility index (Phi) is 8.85. The minimum atomic E-state index is -0.123. The van der Waals surface area contributed by atoms with Gasteiger partial charge >= 0.3 is 0 Å². The van der Waals surface area contributed by atoms with Gasteiger partial charge in [0.1, 0.15) is 11.3 Å². The van der Waals surface area contributed by atoms with E-state index in [4.69, 9.17) is 9.72 Å². The first-order chi connectivity index (χ1) is 14.4. The maximum Gasteiger partial charge on any atom is 0.280 e. The molecule has 7 nitrogen and oxygen atoms in total. The van der Waals surface area contributed by atoms with E-state index in [1.54, 1.807) is 12.0 Å². The van der Waals surface area contributed by atoms with Gasteiger partial charge in [-0.05, 0) is 52.1 Å². The molecule has 0 unspecified atom stereocenters. The van der Waals surface area contributed by atoms with E-state index in [2.05, 4.69) is 37.7 Å². The van der Waals surface area contributed by atoms with Crippen LogP contribution in [0.5, 0.6) is 5.75 Å². The Labute approximate surface area is 194 Å². The van der Waals surface area contributed by atoms with Crippen molar-refractivity contribution in [3.8, 4) is 5.75 Å². The third-order valence-corrected chi connectivity index (χ3v) is 6.28. The summed E-state index contributed by atoms with van der Waals surface area (Å²) in [5, 5.41) is 5.24. The van der Waals surface area contributed by atoms with Crippen LogP contribution in [0.3, 0.4) is 0 Å². The summed E-state index contributed by atoms with van der Waals surface area (Å²) in [6, 6.07) is 7.90. The summed E-state index contributed by atoms with van der Waals surface area (Å²) in [6.07, 6.45) is 0. The summed E-state index contributed by atoms with van der Waals surface area (Å²) in [5.74, 6) is 0.591. The lowest BCUT2D eigenvalue weighted by Crippen LogP contribution is -2.39. The molecule has 31 heavy (non-hydrogen) atoms. The van der Waals surface area contributed by atoms with Crippen molar-refractivity contribution in [1.82, 2.24) is 19.7 Å². The highest BCUT2D eigenvalue weighted by Gasteiger charge is 2.25. The van der Waals surface area contributed by atoms with Crippen LogP contribution in [0.4, 0.5) is 5.13 Å². The predicted octanol–water partition coefficient (Wildman–Crippen LogP) is 4.80. The molecule has 0 spiro atoms. The molecule has 3 aromatic rings. The SMILES string of the molecule is CCN(CC)CCN(C(=O)c1cc(C)n(C(C)C)n1)c1nc2c(OC)cccc2s1.Cl. The van der Waals surface area contributed by atoms with E-state index in [0.29, 0.717) is 23.1 Å². The minimum absolute atomic E-state index is 0. The van der Waals surface area contributed by atoms with Crippen molar-refractivity contribution in [2.75, 3.05) is 38.2 Å². The van der Waals surface area contributed by atoms with Gasteiger partial charge in [-0.1, -0.05) is 31.3 Å². The quantitative estimate of drug-likeness (QED) is 0.454. The second-order valence-electron chi connectivity index (χ2n) is 7.50. The number of ether oxygens (including phenoxy) is 1. The van der Waals surface area contributed by atoms with E-state index in [1.165, 1.54) is 11.3 Å². The number of benzene rings is 1. The van der Waals surface area contributed by atoms with Crippen molar-refractivity contribution >= 4 is 45.0 Å². The van der Waals surface area contributed by atoms with E-state index in [9.17, 15) is 4.79 Å². The van der Waals surface area contributed by atoms with Gasteiger partial charge in [0.05, 0.1) is 11.8 Å². The molecule has 1 aromatic carbocycles. The fourth-order valence-electron chi connectivity index (χ4n) is 3.51. The first-order valence-electron chi connectivity index (χ1n) is 10.4. The van der Waals surface area contributed by atoms with Gasteiger partial charge in [0.2, 0.25) is 0 Å². The Morgan fingerprint density at radius 2 is 1.94 bits per heavy atom. The van der Waals surface area contributed by atoms with Gasteiger partial charge in [0, 0.05) is 24.8 Å². The summed E-state index contributed by atoms with van der Waals surface area (Å²) < 4.78 is 8.34. The summed E-state index contributed by atoms with van der Waals surface area (Å²) >= 11 is 1.50. The number of halogens is 1. The Hall–Kier alpha value is -2.16. The minimum Gasteiger partial charge on any atom is -0.494 e. The van der Waals surface area contributed by atoms with Gasteiger partial charge in [-0.3, -0.25) is 14.4 Å². The average Bonchev–Trinajstić information content (AvgIpc) is 3.34. The predicted molar refractivity (Wildman–Crippen MR) is 130 cm³/mol. The number of rotatable bonds is 9. The molecule has 0 atom stereocenters. The zero-order chi connectivity index (χ0) is 21.8. The van der Waals surface area contributed by atoms with Gasteiger partial charge in [0.25, 0.3) is 5.91 Å². The van der Waals surface area contributed by atoms with E-state index in [0.717, 1.165) is 35.5 Å². The van der Waals surface area contributed by atoms with Crippen molar-refractivity contribution in [3.63, 3.8) is 0 Å². The second-order valence-corrected chi connectivity index (χ2v) is 8.51. The summed E-state index contributed by atoms with van der Waals surface area (Å²) in [6.45, 7) is 13.6. The number of thiazole rings is 1. The number of methoxy groups -OCH3 is 1. The summed E-state index contributed by atoms with van der Waals surface area (Å²) in [7, 11) is 1.64. The van der Waals surface area contributed by atoms with Gasteiger partial charge in [-0.25, -0.2) is 4.98 Å². The first-order valence-corrected chi connectivity index (χ1v) is 11.2. The van der Waals surface area contributed by atoms with Crippen LogP contribution in [0.2, 0.25) is 0 Å². The number of hydrogen-bond acceptors (Lipinski definition) is 6. The summed E-state index contributed by atoms with van der Waals surface area (Å²) in [5.41, 5.74) is 2.21. The molecule has 0 aliphatic carbocycles. The Morgan fingerprint density at radius 1 is 1.23 bits per heavy atom. The molecule has 0 saturated carbocycles. The van der Waals surface area contributed by atoms with Crippen LogP contribution in [-0.4, -0.2) is 58.9 Å². The van der Waals surface area contributed by atoms with Crippen molar-refractivity contribution in [1.29, 1.82) is 0 Å². The van der Waals surface area contributed by atoms with Crippen LogP contribution >= 0.6 is 23.7 Å².